The zero-order valence-corrected chi connectivity index (χ0v) is 12.5. The lowest BCUT2D eigenvalue weighted by Crippen LogP contribution is -2.47. The van der Waals surface area contributed by atoms with Gasteiger partial charge in [0.2, 0.25) is 0 Å². The molecule has 3 nitrogen and oxygen atoms in total. The van der Waals surface area contributed by atoms with Crippen LogP contribution in [-0.2, 0) is 0 Å². The first-order valence-corrected chi connectivity index (χ1v) is 7.27. The Morgan fingerprint density at radius 3 is 2.68 bits per heavy atom. The lowest BCUT2D eigenvalue weighted by Gasteiger charge is -2.31. The maximum absolute atomic E-state index is 10.1. The highest BCUT2D eigenvalue weighted by Gasteiger charge is 2.29. The molecular weight excluding hydrogens is 262 g/mol. The summed E-state index contributed by atoms with van der Waals surface area (Å²) in [6.45, 7) is 5.40. The number of ether oxygens (including phenoxy) is 1. The zero-order chi connectivity index (χ0) is 13.9. The zero-order valence-electron chi connectivity index (χ0n) is 11.7. The van der Waals surface area contributed by atoms with E-state index in [0.717, 1.165) is 35.4 Å². The summed E-state index contributed by atoms with van der Waals surface area (Å²) >= 11 is 5.90. The molecule has 1 atom stereocenters. The van der Waals surface area contributed by atoms with Crippen LogP contribution in [-0.4, -0.2) is 49.0 Å². The Balaban J connectivity index is 1.84. The minimum atomic E-state index is -0.418. The van der Waals surface area contributed by atoms with Crippen molar-refractivity contribution in [3.05, 3.63) is 28.8 Å². The highest BCUT2D eigenvalue weighted by atomic mass is 35.5. The molecule has 0 aromatic heterocycles. The number of benzene rings is 1. The third kappa shape index (κ3) is 4.10. The van der Waals surface area contributed by atoms with Crippen LogP contribution in [0.15, 0.2) is 18.2 Å². The molecule has 1 aliphatic heterocycles. The number of aliphatic hydroxyl groups excluding tert-OH is 1. The topological polar surface area (TPSA) is 29.5 Å². The summed E-state index contributed by atoms with van der Waals surface area (Å²) in [6, 6.07) is 5.54. The van der Waals surface area contributed by atoms with E-state index in [-0.39, 0.29) is 0 Å². The molecule has 19 heavy (non-hydrogen) atoms. The van der Waals surface area contributed by atoms with Gasteiger partial charge in [0.25, 0.3) is 0 Å². The SMILES string of the molecule is Cc1cc(Cl)ccc1OC[C@H](O)C[N+]1(C)CCCC1. The molecule has 0 saturated carbocycles. The van der Waals surface area contributed by atoms with Crippen molar-refractivity contribution in [3.63, 3.8) is 0 Å². The summed E-state index contributed by atoms with van der Waals surface area (Å²) in [5.41, 5.74) is 1.00. The number of aliphatic hydroxyl groups is 1. The van der Waals surface area contributed by atoms with Crippen molar-refractivity contribution in [1.29, 1.82) is 0 Å². The van der Waals surface area contributed by atoms with Gasteiger partial charge in [0.1, 0.15) is 25.0 Å². The normalized spacial score (nSPS) is 19.4. The van der Waals surface area contributed by atoms with Gasteiger partial charge in [-0.05, 0) is 30.7 Å². The van der Waals surface area contributed by atoms with Gasteiger partial charge in [-0.25, -0.2) is 0 Å². The van der Waals surface area contributed by atoms with Crippen LogP contribution in [0.2, 0.25) is 5.02 Å². The van der Waals surface area contributed by atoms with E-state index in [0.29, 0.717) is 11.6 Å². The van der Waals surface area contributed by atoms with Gasteiger partial charge in [0.15, 0.2) is 0 Å². The van der Waals surface area contributed by atoms with Crippen LogP contribution in [0.1, 0.15) is 18.4 Å². The monoisotopic (exact) mass is 284 g/mol. The fraction of sp³-hybridized carbons (Fsp3) is 0.600. The van der Waals surface area contributed by atoms with E-state index < -0.39 is 6.10 Å². The molecule has 0 unspecified atom stereocenters. The molecule has 1 aliphatic rings. The Bertz CT molecular complexity index is 430. The molecule has 2 rings (SSSR count). The standard InChI is InChI=1S/C15H23ClNO2/c1-12-9-13(16)5-6-15(12)19-11-14(18)10-17(2)7-3-4-8-17/h5-6,9,14,18H,3-4,7-8,10-11H2,1-2H3/q+1/t14-/m1/s1. The van der Waals surface area contributed by atoms with Crippen molar-refractivity contribution >= 4 is 11.6 Å². The van der Waals surface area contributed by atoms with Gasteiger partial charge in [-0.15, -0.1) is 0 Å². The molecule has 0 amide bonds. The minimum Gasteiger partial charge on any atom is -0.490 e. The second-order valence-electron chi connectivity index (χ2n) is 5.83. The summed E-state index contributed by atoms with van der Waals surface area (Å²) in [6.07, 6.45) is 2.11. The first-order valence-electron chi connectivity index (χ1n) is 6.89. The van der Waals surface area contributed by atoms with Crippen LogP contribution in [0.4, 0.5) is 0 Å². The predicted octanol–water partition coefficient (Wildman–Crippen LogP) is 2.63. The van der Waals surface area contributed by atoms with Crippen molar-refractivity contribution in [1.82, 2.24) is 0 Å². The number of rotatable bonds is 5. The highest BCUT2D eigenvalue weighted by Crippen LogP contribution is 2.22. The van der Waals surface area contributed by atoms with Crippen LogP contribution >= 0.6 is 11.6 Å². The molecule has 1 saturated heterocycles. The quantitative estimate of drug-likeness (QED) is 0.843. The van der Waals surface area contributed by atoms with Crippen LogP contribution in [0, 0.1) is 6.92 Å². The summed E-state index contributed by atoms with van der Waals surface area (Å²) < 4.78 is 6.65. The number of hydrogen-bond donors (Lipinski definition) is 1. The number of likely N-dealkylation sites (N-methyl/N-ethyl adjacent to an activating group) is 1. The molecule has 0 radical (unpaired) electrons. The molecule has 1 aromatic rings. The Labute approximate surface area is 120 Å². The number of halogens is 1. The number of aryl methyl sites for hydroxylation is 1. The van der Waals surface area contributed by atoms with Gasteiger partial charge < -0.3 is 14.3 Å². The molecule has 106 valence electrons. The van der Waals surface area contributed by atoms with Crippen molar-refractivity contribution in [2.45, 2.75) is 25.9 Å². The van der Waals surface area contributed by atoms with Crippen LogP contribution in [0.5, 0.6) is 5.75 Å². The van der Waals surface area contributed by atoms with Crippen molar-refractivity contribution < 1.29 is 14.3 Å². The number of nitrogens with zero attached hydrogens (tertiary/aromatic N) is 1. The van der Waals surface area contributed by atoms with E-state index in [9.17, 15) is 5.11 Å². The molecule has 1 N–H and O–H groups in total. The van der Waals surface area contributed by atoms with E-state index in [1.165, 1.54) is 12.8 Å². The van der Waals surface area contributed by atoms with E-state index in [4.69, 9.17) is 16.3 Å². The third-order valence-electron chi connectivity index (χ3n) is 3.87. The van der Waals surface area contributed by atoms with E-state index in [1.54, 1.807) is 0 Å². The maximum Gasteiger partial charge on any atom is 0.137 e. The van der Waals surface area contributed by atoms with Crippen LogP contribution in [0.3, 0.4) is 0 Å². The van der Waals surface area contributed by atoms with Gasteiger partial charge in [-0.1, -0.05) is 11.6 Å². The first-order chi connectivity index (χ1) is 8.98. The molecule has 1 aromatic carbocycles. The van der Waals surface area contributed by atoms with E-state index in [2.05, 4.69) is 7.05 Å². The van der Waals surface area contributed by atoms with Gasteiger partial charge in [0.05, 0.1) is 20.1 Å². The molecule has 1 heterocycles. The van der Waals surface area contributed by atoms with Crippen LogP contribution < -0.4 is 4.74 Å². The Morgan fingerprint density at radius 1 is 1.37 bits per heavy atom. The van der Waals surface area contributed by atoms with Crippen molar-refractivity contribution in [2.75, 3.05) is 33.3 Å². The van der Waals surface area contributed by atoms with Crippen molar-refractivity contribution in [3.8, 4) is 5.75 Å². The summed E-state index contributed by atoms with van der Waals surface area (Å²) in [7, 11) is 2.21. The summed E-state index contributed by atoms with van der Waals surface area (Å²) in [5, 5.41) is 10.8. The summed E-state index contributed by atoms with van der Waals surface area (Å²) in [5.74, 6) is 0.799. The number of likely N-dealkylation sites (tertiary alicyclic amines) is 1. The van der Waals surface area contributed by atoms with Crippen LogP contribution in [0.25, 0.3) is 0 Å². The Morgan fingerprint density at radius 2 is 2.05 bits per heavy atom. The van der Waals surface area contributed by atoms with E-state index in [1.807, 2.05) is 25.1 Å². The second-order valence-corrected chi connectivity index (χ2v) is 6.27. The van der Waals surface area contributed by atoms with Gasteiger partial charge in [-0.3, -0.25) is 0 Å². The highest BCUT2D eigenvalue weighted by molar-refractivity contribution is 6.30. The summed E-state index contributed by atoms with van der Waals surface area (Å²) in [4.78, 5) is 0. The average molecular weight is 285 g/mol. The van der Waals surface area contributed by atoms with Crippen molar-refractivity contribution in [2.24, 2.45) is 0 Å². The number of hydrogen-bond acceptors (Lipinski definition) is 2. The molecule has 0 bridgehead atoms. The van der Waals surface area contributed by atoms with E-state index >= 15 is 0 Å². The smallest absolute Gasteiger partial charge is 0.137 e. The lowest BCUT2D eigenvalue weighted by atomic mass is 10.2. The van der Waals surface area contributed by atoms with Gasteiger partial charge >= 0.3 is 0 Å². The Kier molecular flexibility index (Phi) is 4.71. The fourth-order valence-corrected chi connectivity index (χ4v) is 3.03. The molecule has 4 heteroatoms. The molecule has 1 fully saturated rings. The maximum atomic E-state index is 10.1. The molecular formula is C15H23ClNO2+. The van der Waals surface area contributed by atoms with Gasteiger partial charge in [0, 0.05) is 17.9 Å². The largest absolute Gasteiger partial charge is 0.490 e. The Hall–Kier alpha value is -0.770. The fourth-order valence-electron chi connectivity index (χ4n) is 2.80. The molecule has 0 spiro atoms. The lowest BCUT2D eigenvalue weighted by molar-refractivity contribution is -0.900. The first kappa shape index (κ1) is 14.6. The average Bonchev–Trinajstić information content (AvgIpc) is 2.74. The predicted molar refractivity (Wildman–Crippen MR) is 77.7 cm³/mol. The number of quaternary nitrogens is 1. The second kappa shape index (κ2) is 6.12. The van der Waals surface area contributed by atoms with Gasteiger partial charge in [-0.2, -0.15) is 0 Å². The minimum absolute atomic E-state index is 0.344. The third-order valence-corrected chi connectivity index (χ3v) is 4.10. The molecule has 0 aliphatic carbocycles.